The van der Waals surface area contributed by atoms with E-state index in [0.29, 0.717) is 12.0 Å². The van der Waals surface area contributed by atoms with Crippen molar-refractivity contribution in [3.63, 3.8) is 0 Å². The second-order valence-corrected chi connectivity index (χ2v) is 6.43. The molecule has 21 heavy (non-hydrogen) atoms. The summed E-state index contributed by atoms with van der Waals surface area (Å²) in [5.41, 5.74) is 3.89. The Kier molecular flexibility index (Phi) is 5.88. The van der Waals surface area contributed by atoms with Crippen LogP contribution in [0.5, 0.6) is 0 Å². The monoisotopic (exact) mass is 303 g/mol. The molecule has 0 aliphatic carbocycles. The van der Waals surface area contributed by atoms with Crippen molar-refractivity contribution in [3.8, 4) is 0 Å². The smallest absolute Gasteiger partial charge is 0.0801 e. The Morgan fingerprint density at radius 3 is 2.43 bits per heavy atom. The van der Waals surface area contributed by atoms with Gasteiger partial charge in [-0.15, -0.1) is 5.10 Å². The van der Waals surface area contributed by atoms with Crippen LogP contribution in [0.4, 0.5) is 0 Å². The standard InChI is InChI=1S/C17H25N3S/c1-5-15-17(21-20-19-15)16(18-6-2)11-13-7-9-14(10-8-13)12(3)4/h7-10,12,16,18H,5-6,11H2,1-4H3. The van der Waals surface area contributed by atoms with Crippen LogP contribution >= 0.6 is 11.5 Å². The van der Waals surface area contributed by atoms with E-state index in [1.54, 1.807) is 0 Å². The van der Waals surface area contributed by atoms with E-state index in [9.17, 15) is 0 Å². The van der Waals surface area contributed by atoms with Crippen LogP contribution in [0.2, 0.25) is 0 Å². The molecule has 0 aliphatic heterocycles. The zero-order chi connectivity index (χ0) is 15.2. The first-order chi connectivity index (χ1) is 10.2. The molecule has 0 amide bonds. The van der Waals surface area contributed by atoms with E-state index >= 15 is 0 Å². The molecule has 1 unspecified atom stereocenters. The summed E-state index contributed by atoms with van der Waals surface area (Å²) in [6, 6.07) is 9.30. The molecular weight excluding hydrogens is 278 g/mol. The molecule has 0 fully saturated rings. The van der Waals surface area contributed by atoms with Crippen molar-refractivity contribution < 1.29 is 0 Å². The summed E-state index contributed by atoms with van der Waals surface area (Å²) in [7, 11) is 0. The number of aromatic nitrogens is 2. The lowest BCUT2D eigenvalue weighted by Crippen LogP contribution is -2.23. The number of rotatable bonds is 7. The molecule has 0 radical (unpaired) electrons. The zero-order valence-electron chi connectivity index (χ0n) is 13.4. The van der Waals surface area contributed by atoms with Gasteiger partial charge in [-0.3, -0.25) is 0 Å². The molecule has 0 saturated heterocycles. The molecule has 4 heteroatoms. The van der Waals surface area contributed by atoms with Crippen molar-refractivity contribution >= 4 is 11.5 Å². The Balaban J connectivity index is 2.16. The lowest BCUT2D eigenvalue weighted by atomic mass is 9.98. The molecule has 1 aromatic carbocycles. The molecule has 0 spiro atoms. The largest absolute Gasteiger partial charge is 0.309 e. The topological polar surface area (TPSA) is 37.8 Å². The van der Waals surface area contributed by atoms with Gasteiger partial charge in [0.15, 0.2) is 0 Å². The third-order valence-corrected chi connectivity index (χ3v) is 4.65. The first-order valence-electron chi connectivity index (χ1n) is 7.79. The second kappa shape index (κ2) is 7.66. The maximum Gasteiger partial charge on any atom is 0.0801 e. The van der Waals surface area contributed by atoms with Crippen molar-refractivity contribution in [3.05, 3.63) is 46.0 Å². The Labute approximate surface area is 132 Å². The van der Waals surface area contributed by atoms with Crippen LogP contribution in [0, 0.1) is 0 Å². The average molecular weight is 303 g/mol. The van der Waals surface area contributed by atoms with Crippen LogP contribution in [0.1, 0.15) is 61.4 Å². The Bertz CT molecular complexity index is 545. The predicted molar refractivity (Wildman–Crippen MR) is 89.9 cm³/mol. The fraction of sp³-hybridized carbons (Fsp3) is 0.529. The normalized spacial score (nSPS) is 12.8. The molecule has 1 heterocycles. The van der Waals surface area contributed by atoms with Gasteiger partial charge in [0.2, 0.25) is 0 Å². The van der Waals surface area contributed by atoms with Crippen LogP contribution in [-0.2, 0) is 12.8 Å². The van der Waals surface area contributed by atoms with Gasteiger partial charge in [-0.05, 0) is 48.0 Å². The van der Waals surface area contributed by atoms with E-state index < -0.39 is 0 Å². The number of nitrogens with one attached hydrogen (secondary N) is 1. The number of aryl methyl sites for hydroxylation is 1. The van der Waals surface area contributed by atoms with Crippen molar-refractivity contribution in [2.45, 2.75) is 52.5 Å². The molecule has 0 bridgehead atoms. The minimum absolute atomic E-state index is 0.315. The highest BCUT2D eigenvalue weighted by Gasteiger charge is 2.18. The average Bonchev–Trinajstić information content (AvgIpc) is 2.95. The maximum atomic E-state index is 4.25. The van der Waals surface area contributed by atoms with Gasteiger partial charge in [0.25, 0.3) is 0 Å². The lowest BCUT2D eigenvalue weighted by molar-refractivity contribution is 0.553. The fourth-order valence-electron chi connectivity index (χ4n) is 2.50. The molecule has 2 aromatic rings. The molecule has 0 saturated carbocycles. The first kappa shape index (κ1) is 16.1. The van der Waals surface area contributed by atoms with Crippen LogP contribution in [-0.4, -0.2) is 16.1 Å². The van der Waals surface area contributed by atoms with E-state index in [1.807, 2.05) is 0 Å². The summed E-state index contributed by atoms with van der Waals surface area (Å²) >= 11 is 1.53. The molecular formula is C17H25N3S. The third kappa shape index (κ3) is 4.11. The van der Waals surface area contributed by atoms with Gasteiger partial charge < -0.3 is 5.32 Å². The molecule has 1 atom stereocenters. The molecule has 1 N–H and O–H groups in total. The van der Waals surface area contributed by atoms with Crippen molar-refractivity contribution in [1.82, 2.24) is 14.9 Å². The summed E-state index contributed by atoms with van der Waals surface area (Å²) in [5.74, 6) is 0.584. The van der Waals surface area contributed by atoms with Gasteiger partial charge in [-0.1, -0.05) is 56.4 Å². The van der Waals surface area contributed by atoms with E-state index in [2.05, 4.69) is 66.9 Å². The van der Waals surface area contributed by atoms with Gasteiger partial charge in [0.1, 0.15) is 0 Å². The second-order valence-electron chi connectivity index (χ2n) is 5.65. The van der Waals surface area contributed by atoms with Crippen LogP contribution in [0.25, 0.3) is 0 Å². The number of hydrogen-bond acceptors (Lipinski definition) is 4. The van der Waals surface area contributed by atoms with Gasteiger partial charge in [0, 0.05) is 6.04 Å². The van der Waals surface area contributed by atoms with Gasteiger partial charge in [0.05, 0.1) is 10.6 Å². The number of likely N-dealkylation sites (N-methyl/N-ethyl adjacent to an activating group) is 1. The molecule has 3 nitrogen and oxygen atoms in total. The summed E-state index contributed by atoms with van der Waals surface area (Å²) in [6.07, 6.45) is 1.93. The summed E-state index contributed by atoms with van der Waals surface area (Å²) in [4.78, 5) is 1.28. The van der Waals surface area contributed by atoms with Crippen molar-refractivity contribution in [1.29, 1.82) is 0 Å². The maximum absolute atomic E-state index is 4.25. The van der Waals surface area contributed by atoms with E-state index in [1.165, 1.54) is 27.5 Å². The lowest BCUT2D eigenvalue weighted by Gasteiger charge is -2.17. The number of hydrogen-bond donors (Lipinski definition) is 1. The fourth-order valence-corrected chi connectivity index (χ4v) is 3.32. The van der Waals surface area contributed by atoms with E-state index in [4.69, 9.17) is 0 Å². The summed E-state index contributed by atoms with van der Waals surface area (Å²) in [6.45, 7) is 9.70. The minimum atomic E-state index is 0.315. The SMILES string of the molecule is CCNC(Cc1ccc(C(C)C)cc1)c1snnc1CC. The highest BCUT2D eigenvalue weighted by molar-refractivity contribution is 7.05. The van der Waals surface area contributed by atoms with Gasteiger partial charge >= 0.3 is 0 Å². The molecule has 2 rings (SSSR count). The predicted octanol–water partition coefficient (Wildman–Crippen LogP) is 4.12. The minimum Gasteiger partial charge on any atom is -0.309 e. The molecule has 0 aliphatic rings. The highest BCUT2D eigenvalue weighted by atomic mass is 32.1. The van der Waals surface area contributed by atoms with Gasteiger partial charge in [-0.25, -0.2) is 0 Å². The third-order valence-electron chi connectivity index (χ3n) is 3.77. The Morgan fingerprint density at radius 1 is 1.14 bits per heavy atom. The number of benzene rings is 1. The molecule has 1 aromatic heterocycles. The molecule has 114 valence electrons. The Morgan fingerprint density at radius 2 is 1.86 bits per heavy atom. The van der Waals surface area contributed by atoms with E-state index in [-0.39, 0.29) is 0 Å². The summed E-state index contributed by atoms with van der Waals surface area (Å²) in [5, 5.41) is 7.82. The van der Waals surface area contributed by atoms with E-state index in [0.717, 1.165) is 25.1 Å². The quantitative estimate of drug-likeness (QED) is 0.836. The van der Waals surface area contributed by atoms with Gasteiger partial charge in [-0.2, -0.15) is 0 Å². The van der Waals surface area contributed by atoms with Crippen molar-refractivity contribution in [2.24, 2.45) is 0 Å². The number of nitrogens with zero attached hydrogens (tertiary/aromatic N) is 2. The zero-order valence-corrected chi connectivity index (χ0v) is 14.2. The first-order valence-corrected chi connectivity index (χ1v) is 8.56. The van der Waals surface area contributed by atoms with Crippen LogP contribution < -0.4 is 5.32 Å². The Hall–Kier alpha value is -1.26. The van der Waals surface area contributed by atoms with Crippen molar-refractivity contribution in [2.75, 3.05) is 6.54 Å². The summed E-state index contributed by atoms with van der Waals surface area (Å²) < 4.78 is 4.13. The van der Waals surface area contributed by atoms with Crippen LogP contribution in [0.3, 0.4) is 0 Å². The van der Waals surface area contributed by atoms with Crippen LogP contribution in [0.15, 0.2) is 24.3 Å². The highest BCUT2D eigenvalue weighted by Crippen LogP contribution is 2.25.